The minimum atomic E-state index is -0.938. The zero-order chi connectivity index (χ0) is 13.8. The molecule has 2 unspecified atom stereocenters. The summed E-state index contributed by atoms with van der Waals surface area (Å²) in [5.41, 5.74) is 0.591. The number of rotatable bonds is 4. The Balaban J connectivity index is 1.81. The molecule has 1 heterocycles. The summed E-state index contributed by atoms with van der Waals surface area (Å²) in [7, 11) is 0. The van der Waals surface area contributed by atoms with Crippen molar-refractivity contribution in [2.75, 3.05) is 6.54 Å². The lowest BCUT2D eigenvalue weighted by Crippen LogP contribution is -2.33. The van der Waals surface area contributed by atoms with Gasteiger partial charge in [0.15, 0.2) is 6.10 Å². The third-order valence-corrected chi connectivity index (χ3v) is 3.70. The van der Waals surface area contributed by atoms with Crippen LogP contribution in [0.1, 0.15) is 23.2 Å². The van der Waals surface area contributed by atoms with Crippen molar-refractivity contribution in [3.8, 4) is 0 Å². The normalized spacial score (nSPS) is 22.2. The van der Waals surface area contributed by atoms with Gasteiger partial charge < -0.3 is 15.2 Å². The van der Waals surface area contributed by atoms with Gasteiger partial charge in [-0.05, 0) is 59.7 Å². The van der Waals surface area contributed by atoms with Crippen LogP contribution < -0.4 is 5.32 Å². The Morgan fingerprint density at radius 3 is 2.58 bits per heavy atom. The Hall–Kier alpha value is -1.15. The Morgan fingerprint density at radius 1 is 1.32 bits per heavy atom. The zero-order valence-corrected chi connectivity index (χ0v) is 12.3. The maximum atomic E-state index is 11.8. The number of carbonyl (C=O) groups is 2. The van der Waals surface area contributed by atoms with E-state index < -0.39 is 12.1 Å². The Bertz CT molecular complexity index is 474. The van der Waals surface area contributed by atoms with Gasteiger partial charge in [0.25, 0.3) is 5.91 Å². The summed E-state index contributed by atoms with van der Waals surface area (Å²) in [6.45, 7) is 0.342. The van der Waals surface area contributed by atoms with Crippen molar-refractivity contribution in [2.45, 2.75) is 25.0 Å². The summed E-state index contributed by atoms with van der Waals surface area (Å²) >= 11 is 2.17. The molecule has 19 heavy (non-hydrogen) atoms. The second kappa shape index (κ2) is 6.33. The minimum absolute atomic E-state index is 0.168. The van der Waals surface area contributed by atoms with Gasteiger partial charge in [0.1, 0.15) is 0 Å². The molecule has 1 amide bonds. The molecular formula is C13H14INO4. The van der Waals surface area contributed by atoms with Crippen LogP contribution in [0.2, 0.25) is 0 Å². The first-order valence-electron chi connectivity index (χ1n) is 5.98. The molecule has 1 aliphatic heterocycles. The number of ether oxygens (including phenoxy) is 1. The quantitative estimate of drug-likeness (QED) is 0.785. The van der Waals surface area contributed by atoms with E-state index >= 15 is 0 Å². The third kappa shape index (κ3) is 3.90. The van der Waals surface area contributed by atoms with Crippen molar-refractivity contribution in [1.82, 2.24) is 5.32 Å². The summed E-state index contributed by atoms with van der Waals surface area (Å²) in [6.07, 6.45) is 0.206. The van der Waals surface area contributed by atoms with Gasteiger partial charge in [-0.25, -0.2) is 4.79 Å². The summed E-state index contributed by atoms with van der Waals surface area (Å²) in [6, 6.07) is 7.24. The van der Waals surface area contributed by atoms with E-state index in [1.165, 1.54) is 0 Å². The van der Waals surface area contributed by atoms with Crippen molar-refractivity contribution >= 4 is 34.5 Å². The Labute approximate surface area is 124 Å². The second-order valence-corrected chi connectivity index (χ2v) is 5.62. The highest BCUT2D eigenvalue weighted by molar-refractivity contribution is 14.1. The largest absolute Gasteiger partial charge is 0.479 e. The topological polar surface area (TPSA) is 75.6 Å². The molecule has 1 aliphatic rings. The predicted octanol–water partition coefficient (Wildman–Crippen LogP) is 1.65. The van der Waals surface area contributed by atoms with Gasteiger partial charge in [-0.1, -0.05) is 0 Å². The molecule has 5 nitrogen and oxygen atoms in total. The molecule has 6 heteroatoms. The van der Waals surface area contributed by atoms with Crippen molar-refractivity contribution < 1.29 is 19.4 Å². The molecule has 0 aromatic heterocycles. The molecule has 0 saturated carbocycles. The van der Waals surface area contributed by atoms with Gasteiger partial charge in [0.05, 0.1) is 6.10 Å². The van der Waals surface area contributed by atoms with Crippen LogP contribution >= 0.6 is 22.6 Å². The van der Waals surface area contributed by atoms with Gasteiger partial charge >= 0.3 is 5.97 Å². The standard InChI is InChI=1S/C13H14INO4/c14-9-3-1-8(2-4-9)12(16)15-7-10-5-6-11(19-10)13(17)18/h1-4,10-11H,5-7H2,(H,15,16)(H,17,18). The number of hydrogen-bond acceptors (Lipinski definition) is 3. The number of hydrogen-bond donors (Lipinski definition) is 2. The smallest absolute Gasteiger partial charge is 0.332 e. The summed E-state index contributed by atoms with van der Waals surface area (Å²) in [5, 5.41) is 11.6. The highest BCUT2D eigenvalue weighted by Crippen LogP contribution is 2.19. The van der Waals surface area contributed by atoms with E-state index in [-0.39, 0.29) is 12.0 Å². The van der Waals surface area contributed by atoms with Gasteiger partial charge in [-0.15, -0.1) is 0 Å². The molecule has 2 rings (SSSR count). The fourth-order valence-corrected chi connectivity index (χ4v) is 2.31. The molecule has 2 N–H and O–H groups in total. The van der Waals surface area contributed by atoms with Gasteiger partial charge in [-0.3, -0.25) is 4.79 Å². The maximum Gasteiger partial charge on any atom is 0.332 e. The summed E-state index contributed by atoms with van der Waals surface area (Å²) in [5.74, 6) is -1.11. The third-order valence-electron chi connectivity index (χ3n) is 2.98. The number of nitrogens with one attached hydrogen (secondary N) is 1. The van der Waals surface area contributed by atoms with E-state index in [1.807, 2.05) is 12.1 Å². The lowest BCUT2D eigenvalue weighted by molar-refractivity contribution is -0.149. The number of carbonyl (C=O) groups excluding carboxylic acids is 1. The van der Waals surface area contributed by atoms with Crippen LogP contribution in [0.5, 0.6) is 0 Å². The first-order chi connectivity index (χ1) is 9.06. The molecule has 1 fully saturated rings. The van der Waals surface area contributed by atoms with Gasteiger partial charge in [-0.2, -0.15) is 0 Å². The molecule has 2 atom stereocenters. The fraction of sp³-hybridized carbons (Fsp3) is 0.385. The molecule has 0 spiro atoms. The molecule has 0 aliphatic carbocycles. The van der Waals surface area contributed by atoms with E-state index in [1.54, 1.807) is 12.1 Å². The lowest BCUT2D eigenvalue weighted by atomic mass is 10.2. The number of benzene rings is 1. The maximum absolute atomic E-state index is 11.8. The first kappa shape index (κ1) is 14.3. The molecule has 1 saturated heterocycles. The van der Waals surface area contributed by atoms with Crippen molar-refractivity contribution in [1.29, 1.82) is 0 Å². The van der Waals surface area contributed by atoms with Crippen LogP contribution in [0.25, 0.3) is 0 Å². The Kier molecular flexibility index (Phi) is 4.76. The van der Waals surface area contributed by atoms with Crippen molar-refractivity contribution in [3.05, 3.63) is 33.4 Å². The second-order valence-electron chi connectivity index (χ2n) is 4.38. The molecule has 1 aromatic carbocycles. The van der Waals surface area contributed by atoms with Crippen LogP contribution in [0.3, 0.4) is 0 Å². The zero-order valence-electron chi connectivity index (χ0n) is 10.1. The number of carboxylic acids is 1. The van der Waals surface area contributed by atoms with E-state index in [0.717, 1.165) is 3.57 Å². The molecule has 1 aromatic rings. The highest BCUT2D eigenvalue weighted by Gasteiger charge is 2.30. The molecule has 0 bridgehead atoms. The first-order valence-corrected chi connectivity index (χ1v) is 7.06. The van der Waals surface area contributed by atoms with E-state index in [9.17, 15) is 9.59 Å². The van der Waals surface area contributed by atoms with Crippen molar-refractivity contribution in [3.63, 3.8) is 0 Å². The molecule has 102 valence electrons. The van der Waals surface area contributed by atoms with Crippen LogP contribution in [-0.2, 0) is 9.53 Å². The van der Waals surface area contributed by atoms with E-state index in [0.29, 0.717) is 24.9 Å². The number of aliphatic carboxylic acids is 1. The van der Waals surface area contributed by atoms with Gasteiger partial charge in [0.2, 0.25) is 0 Å². The number of carboxylic acid groups (broad SMARTS) is 1. The Morgan fingerprint density at radius 2 is 2.00 bits per heavy atom. The lowest BCUT2D eigenvalue weighted by Gasteiger charge is -2.12. The van der Waals surface area contributed by atoms with Gasteiger partial charge in [0, 0.05) is 15.7 Å². The highest BCUT2D eigenvalue weighted by atomic mass is 127. The van der Waals surface area contributed by atoms with E-state index in [4.69, 9.17) is 9.84 Å². The van der Waals surface area contributed by atoms with Crippen LogP contribution in [0, 0.1) is 3.57 Å². The van der Waals surface area contributed by atoms with Crippen LogP contribution in [0.15, 0.2) is 24.3 Å². The van der Waals surface area contributed by atoms with Crippen LogP contribution in [0.4, 0.5) is 0 Å². The van der Waals surface area contributed by atoms with E-state index in [2.05, 4.69) is 27.9 Å². The molecular weight excluding hydrogens is 361 g/mol. The number of amides is 1. The average molecular weight is 375 g/mol. The average Bonchev–Trinajstić information content (AvgIpc) is 2.86. The van der Waals surface area contributed by atoms with Crippen LogP contribution in [-0.4, -0.2) is 35.7 Å². The predicted molar refractivity (Wildman–Crippen MR) is 77.0 cm³/mol. The fourth-order valence-electron chi connectivity index (χ4n) is 1.95. The summed E-state index contributed by atoms with van der Waals surface area (Å²) in [4.78, 5) is 22.6. The SMILES string of the molecule is O=C(NCC1CCC(C(=O)O)O1)c1ccc(I)cc1. The summed E-state index contributed by atoms with van der Waals surface area (Å²) < 4.78 is 6.38. The minimum Gasteiger partial charge on any atom is -0.479 e. The van der Waals surface area contributed by atoms with Crippen molar-refractivity contribution in [2.24, 2.45) is 0 Å². The molecule has 0 radical (unpaired) electrons. The monoisotopic (exact) mass is 375 g/mol. The number of halogens is 1.